The number of carbonyl (C=O) groups excluding carboxylic acids is 2. The molecule has 1 saturated heterocycles. The highest BCUT2D eigenvalue weighted by Crippen LogP contribution is 2.30. The van der Waals surface area contributed by atoms with E-state index in [1.165, 1.54) is 41.7 Å². The lowest BCUT2D eigenvalue weighted by Crippen LogP contribution is -2.41. The molecule has 0 aromatic heterocycles. The first-order valence-electron chi connectivity index (χ1n) is 9.50. The molecule has 0 saturated carbocycles. The highest BCUT2D eigenvalue weighted by Gasteiger charge is 2.33. The van der Waals surface area contributed by atoms with Crippen LogP contribution >= 0.6 is 0 Å². The molecule has 10 heteroatoms. The second-order valence-corrected chi connectivity index (χ2v) is 8.88. The van der Waals surface area contributed by atoms with Gasteiger partial charge in [-0.15, -0.1) is 0 Å². The van der Waals surface area contributed by atoms with Crippen molar-refractivity contribution in [2.24, 2.45) is 5.92 Å². The summed E-state index contributed by atoms with van der Waals surface area (Å²) >= 11 is 0. The number of phenolic OH excluding ortho intramolecular Hbond substituents is 1. The average molecular weight is 443 g/mol. The lowest BCUT2D eigenvalue weighted by molar-refractivity contribution is -0.120. The third-order valence-corrected chi connectivity index (χ3v) is 7.11. The summed E-state index contributed by atoms with van der Waals surface area (Å²) in [5.41, 5.74) is 0.0756. The van der Waals surface area contributed by atoms with E-state index in [0.29, 0.717) is 0 Å². The Morgan fingerprint density at radius 3 is 2.48 bits per heavy atom. The SMILES string of the molecule is COC(=O)c1cccc(NC(=O)C2CCN(S(=O)(=O)c3ccccc3C#N)CC2)c1O. The first kappa shape index (κ1) is 22.3. The smallest absolute Gasteiger partial charge is 0.341 e. The Morgan fingerprint density at radius 2 is 1.84 bits per heavy atom. The molecule has 0 aliphatic carbocycles. The van der Waals surface area contributed by atoms with Crippen molar-refractivity contribution >= 4 is 27.6 Å². The van der Waals surface area contributed by atoms with Crippen LogP contribution in [0.1, 0.15) is 28.8 Å². The Hall–Kier alpha value is -3.42. The van der Waals surface area contributed by atoms with Crippen LogP contribution in [0.2, 0.25) is 0 Å². The fourth-order valence-corrected chi connectivity index (χ4v) is 5.05. The largest absolute Gasteiger partial charge is 0.505 e. The van der Waals surface area contributed by atoms with Crippen LogP contribution in [-0.4, -0.2) is 49.9 Å². The molecule has 1 aliphatic heterocycles. The van der Waals surface area contributed by atoms with E-state index in [-0.39, 0.29) is 53.5 Å². The van der Waals surface area contributed by atoms with Gasteiger partial charge in [0.15, 0.2) is 5.75 Å². The molecule has 3 rings (SSSR count). The fraction of sp³-hybridized carbons (Fsp3) is 0.286. The Balaban J connectivity index is 1.68. The quantitative estimate of drug-likeness (QED) is 0.533. The molecule has 2 aromatic carbocycles. The summed E-state index contributed by atoms with van der Waals surface area (Å²) in [6.07, 6.45) is 0.550. The number of piperidine rings is 1. The van der Waals surface area contributed by atoms with Gasteiger partial charge in [-0.25, -0.2) is 13.2 Å². The third kappa shape index (κ3) is 4.52. The number of ether oxygens (including phenoxy) is 1. The first-order chi connectivity index (χ1) is 14.8. The van der Waals surface area contributed by atoms with E-state index >= 15 is 0 Å². The number of nitrogens with one attached hydrogen (secondary N) is 1. The van der Waals surface area contributed by atoms with Crippen LogP contribution in [0, 0.1) is 17.2 Å². The maximum Gasteiger partial charge on any atom is 0.341 e. The Labute approximate surface area is 179 Å². The van der Waals surface area contributed by atoms with Gasteiger partial charge in [-0.1, -0.05) is 18.2 Å². The predicted octanol–water partition coefficient (Wildman–Crippen LogP) is 2.09. The van der Waals surface area contributed by atoms with Gasteiger partial charge in [0.2, 0.25) is 15.9 Å². The number of methoxy groups -OCH3 is 1. The van der Waals surface area contributed by atoms with Gasteiger partial charge in [-0.2, -0.15) is 9.57 Å². The van der Waals surface area contributed by atoms with E-state index < -0.39 is 27.7 Å². The number of benzene rings is 2. The number of anilines is 1. The Morgan fingerprint density at radius 1 is 1.16 bits per heavy atom. The van der Waals surface area contributed by atoms with E-state index in [4.69, 9.17) is 0 Å². The molecule has 2 aromatic rings. The van der Waals surface area contributed by atoms with Crippen LogP contribution in [0.3, 0.4) is 0 Å². The molecule has 162 valence electrons. The van der Waals surface area contributed by atoms with Crippen molar-refractivity contribution in [3.8, 4) is 11.8 Å². The van der Waals surface area contributed by atoms with Crippen molar-refractivity contribution < 1.29 is 27.9 Å². The van der Waals surface area contributed by atoms with E-state index in [0.717, 1.165) is 0 Å². The summed E-state index contributed by atoms with van der Waals surface area (Å²) in [4.78, 5) is 24.3. The van der Waals surface area contributed by atoms with Gasteiger partial charge in [0.1, 0.15) is 11.6 Å². The summed E-state index contributed by atoms with van der Waals surface area (Å²) in [7, 11) is -2.67. The van der Waals surface area contributed by atoms with E-state index in [2.05, 4.69) is 10.1 Å². The highest BCUT2D eigenvalue weighted by atomic mass is 32.2. The molecular weight excluding hydrogens is 422 g/mol. The molecule has 0 radical (unpaired) electrons. The van der Waals surface area contributed by atoms with Crippen LogP contribution in [0.5, 0.6) is 5.75 Å². The van der Waals surface area contributed by atoms with Crippen molar-refractivity contribution in [1.29, 1.82) is 5.26 Å². The fourth-order valence-electron chi connectivity index (χ4n) is 3.44. The van der Waals surface area contributed by atoms with E-state index in [1.54, 1.807) is 12.1 Å². The van der Waals surface area contributed by atoms with E-state index in [1.807, 2.05) is 6.07 Å². The monoisotopic (exact) mass is 443 g/mol. The van der Waals surface area contributed by atoms with Gasteiger partial charge < -0.3 is 15.2 Å². The molecule has 1 heterocycles. The molecule has 31 heavy (non-hydrogen) atoms. The van der Waals surface area contributed by atoms with Crippen LogP contribution < -0.4 is 5.32 Å². The van der Waals surface area contributed by atoms with E-state index in [9.17, 15) is 28.4 Å². The number of nitriles is 1. The third-order valence-electron chi connectivity index (χ3n) is 5.15. The standard InChI is InChI=1S/C21H21N3O6S/c1-30-21(27)16-6-4-7-17(19(16)25)23-20(26)14-9-11-24(12-10-14)31(28,29)18-8-3-2-5-15(18)13-22/h2-8,14,25H,9-12H2,1H3,(H,23,26). The molecule has 1 fully saturated rings. The maximum absolute atomic E-state index is 12.9. The van der Waals surface area contributed by atoms with Crippen molar-refractivity contribution in [1.82, 2.24) is 4.31 Å². The van der Waals surface area contributed by atoms with Crippen molar-refractivity contribution in [2.75, 3.05) is 25.5 Å². The number of esters is 1. The van der Waals surface area contributed by atoms with Gasteiger partial charge in [0, 0.05) is 19.0 Å². The lowest BCUT2D eigenvalue weighted by Gasteiger charge is -2.30. The van der Waals surface area contributed by atoms with Crippen molar-refractivity contribution in [3.63, 3.8) is 0 Å². The van der Waals surface area contributed by atoms with Crippen LogP contribution in [0.15, 0.2) is 47.4 Å². The number of rotatable bonds is 5. The number of amides is 1. The first-order valence-corrected chi connectivity index (χ1v) is 10.9. The molecule has 0 unspecified atom stereocenters. The normalized spacial score (nSPS) is 15.1. The molecule has 0 bridgehead atoms. The molecule has 2 N–H and O–H groups in total. The topological polar surface area (TPSA) is 137 Å². The molecular formula is C21H21N3O6S. The highest BCUT2D eigenvalue weighted by molar-refractivity contribution is 7.89. The molecule has 9 nitrogen and oxygen atoms in total. The van der Waals surface area contributed by atoms with Crippen molar-refractivity contribution in [2.45, 2.75) is 17.7 Å². The second-order valence-electron chi connectivity index (χ2n) is 6.97. The average Bonchev–Trinajstić information content (AvgIpc) is 2.79. The molecule has 1 amide bonds. The van der Waals surface area contributed by atoms with Gasteiger partial charge in [0.05, 0.1) is 23.3 Å². The number of carbonyl (C=O) groups is 2. The minimum Gasteiger partial charge on any atom is -0.505 e. The number of para-hydroxylation sites is 1. The minimum atomic E-state index is -3.85. The number of sulfonamides is 1. The van der Waals surface area contributed by atoms with Crippen LogP contribution in [0.25, 0.3) is 0 Å². The summed E-state index contributed by atoms with van der Waals surface area (Å²) in [6.45, 7) is 0.239. The van der Waals surface area contributed by atoms with Gasteiger partial charge in [-0.3, -0.25) is 4.79 Å². The van der Waals surface area contributed by atoms with Gasteiger partial charge in [-0.05, 0) is 37.1 Å². The van der Waals surface area contributed by atoms with Crippen LogP contribution in [-0.2, 0) is 19.6 Å². The molecule has 0 spiro atoms. The zero-order valence-corrected chi connectivity index (χ0v) is 17.6. The molecule has 1 aliphatic rings. The minimum absolute atomic E-state index is 0.0510. The summed E-state index contributed by atoms with van der Waals surface area (Å²) in [5.74, 6) is -1.98. The second kappa shape index (κ2) is 9.16. The zero-order valence-electron chi connectivity index (χ0n) is 16.7. The van der Waals surface area contributed by atoms with Gasteiger partial charge in [0.25, 0.3) is 0 Å². The lowest BCUT2D eigenvalue weighted by atomic mass is 9.97. The number of nitrogens with zero attached hydrogens (tertiary/aromatic N) is 2. The van der Waals surface area contributed by atoms with Crippen LogP contribution in [0.4, 0.5) is 5.69 Å². The Kier molecular flexibility index (Phi) is 6.58. The number of hydrogen-bond donors (Lipinski definition) is 2. The van der Waals surface area contributed by atoms with Crippen molar-refractivity contribution in [3.05, 3.63) is 53.6 Å². The summed E-state index contributed by atoms with van der Waals surface area (Å²) in [6, 6.07) is 12.2. The maximum atomic E-state index is 12.9. The summed E-state index contributed by atoms with van der Waals surface area (Å²) < 4.78 is 31.7. The molecule has 0 atom stereocenters. The summed E-state index contributed by atoms with van der Waals surface area (Å²) in [5, 5.41) is 22.0. The Bertz CT molecular complexity index is 1150. The van der Waals surface area contributed by atoms with Gasteiger partial charge >= 0.3 is 5.97 Å². The number of hydrogen-bond acceptors (Lipinski definition) is 7. The number of aromatic hydroxyl groups is 1. The number of phenols is 1. The predicted molar refractivity (Wildman–Crippen MR) is 111 cm³/mol. The zero-order chi connectivity index (χ0) is 22.6.